The summed E-state index contributed by atoms with van der Waals surface area (Å²) in [6.07, 6.45) is 3.59. The van der Waals surface area contributed by atoms with Gasteiger partial charge in [-0.25, -0.2) is 0 Å². The highest BCUT2D eigenvalue weighted by Crippen LogP contribution is 2.17. The number of thioether (sulfide) groups is 1. The molecule has 1 aromatic heterocycles. The van der Waals surface area contributed by atoms with Crippen LogP contribution in [-0.4, -0.2) is 45.3 Å². The molecule has 1 aliphatic heterocycles. The van der Waals surface area contributed by atoms with Crippen molar-refractivity contribution in [3.8, 4) is 0 Å². The van der Waals surface area contributed by atoms with Crippen molar-refractivity contribution in [3.05, 3.63) is 12.4 Å². The Kier molecular flexibility index (Phi) is 3.53. The summed E-state index contributed by atoms with van der Waals surface area (Å²) in [7, 11) is 0. The number of hydrogen-bond donors (Lipinski definition) is 1. The molecule has 0 saturated carbocycles. The molecular weight excluding hydrogens is 208 g/mol. The van der Waals surface area contributed by atoms with Crippen LogP contribution in [0.1, 0.15) is 6.92 Å². The molecular formula is C10H18N4S. The van der Waals surface area contributed by atoms with Crippen molar-refractivity contribution >= 4 is 17.4 Å². The first-order valence-corrected chi connectivity index (χ1v) is 6.41. The Labute approximate surface area is 94.8 Å². The first-order valence-electron chi connectivity index (χ1n) is 5.36. The molecule has 1 fully saturated rings. The molecule has 5 heteroatoms. The Morgan fingerprint density at radius 3 is 3.13 bits per heavy atom. The number of nitrogens with zero attached hydrogens (tertiary/aromatic N) is 3. The Morgan fingerprint density at radius 1 is 1.60 bits per heavy atom. The fourth-order valence-electron chi connectivity index (χ4n) is 1.84. The summed E-state index contributed by atoms with van der Waals surface area (Å²) in [4.78, 5) is 2.50. The van der Waals surface area contributed by atoms with Gasteiger partial charge in [0.15, 0.2) is 0 Å². The van der Waals surface area contributed by atoms with Crippen molar-refractivity contribution in [1.82, 2.24) is 14.7 Å². The summed E-state index contributed by atoms with van der Waals surface area (Å²) in [6, 6.07) is 0. The number of anilines is 1. The predicted molar refractivity (Wildman–Crippen MR) is 65.0 cm³/mol. The van der Waals surface area contributed by atoms with E-state index in [1.54, 1.807) is 6.20 Å². The highest BCUT2D eigenvalue weighted by molar-refractivity contribution is 7.99. The standard InChI is InChI=1S/C10H18N4S/c1-9-7-13(4-5-15-9)2-3-14-8-10(11)6-12-14/h6,8-9H,2-5,7,11H2,1H3. The van der Waals surface area contributed by atoms with Gasteiger partial charge in [-0.05, 0) is 0 Å². The van der Waals surface area contributed by atoms with Crippen molar-refractivity contribution in [2.24, 2.45) is 0 Å². The van der Waals surface area contributed by atoms with E-state index in [1.807, 2.05) is 10.9 Å². The molecule has 1 unspecified atom stereocenters. The number of aromatic nitrogens is 2. The number of hydrogen-bond acceptors (Lipinski definition) is 4. The van der Waals surface area contributed by atoms with Crippen molar-refractivity contribution in [2.45, 2.75) is 18.7 Å². The quantitative estimate of drug-likeness (QED) is 0.832. The zero-order valence-electron chi connectivity index (χ0n) is 9.09. The van der Waals surface area contributed by atoms with E-state index in [9.17, 15) is 0 Å². The van der Waals surface area contributed by atoms with Crippen LogP contribution in [0.5, 0.6) is 0 Å². The Hall–Kier alpha value is -0.680. The van der Waals surface area contributed by atoms with Gasteiger partial charge in [-0.1, -0.05) is 6.92 Å². The predicted octanol–water partition coefficient (Wildman–Crippen LogP) is 0.903. The Balaban J connectivity index is 1.77. The second-order valence-corrected chi connectivity index (χ2v) is 5.57. The van der Waals surface area contributed by atoms with Crippen LogP contribution in [0.4, 0.5) is 5.69 Å². The maximum Gasteiger partial charge on any atom is 0.0719 e. The van der Waals surface area contributed by atoms with Crippen LogP contribution >= 0.6 is 11.8 Å². The molecule has 1 aliphatic rings. The largest absolute Gasteiger partial charge is 0.396 e. The van der Waals surface area contributed by atoms with Gasteiger partial charge in [0.25, 0.3) is 0 Å². The molecule has 1 aromatic rings. The third-order valence-corrected chi connectivity index (χ3v) is 3.76. The van der Waals surface area contributed by atoms with E-state index in [4.69, 9.17) is 5.73 Å². The van der Waals surface area contributed by atoms with Gasteiger partial charge >= 0.3 is 0 Å². The molecule has 0 aromatic carbocycles. The van der Waals surface area contributed by atoms with E-state index < -0.39 is 0 Å². The Morgan fingerprint density at radius 2 is 2.47 bits per heavy atom. The lowest BCUT2D eigenvalue weighted by Gasteiger charge is -2.30. The molecule has 2 heterocycles. The lowest BCUT2D eigenvalue weighted by Crippen LogP contribution is -2.38. The van der Waals surface area contributed by atoms with E-state index in [0.717, 1.165) is 24.0 Å². The second kappa shape index (κ2) is 4.90. The van der Waals surface area contributed by atoms with Gasteiger partial charge in [-0.15, -0.1) is 0 Å². The highest BCUT2D eigenvalue weighted by atomic mass is 32.2. The summed E-state index contributed by atoms with van der Waals surface area (Å²) < 4.78 is 1.92. The van der Waals surface area contributed by atoms with E-state index >= 15 is 0 Å². The van der Waals surface area contributed by atoms with Gasteiger partial charge in [-0.2, -0.15) is 16.9 Å². The van der Waals surface area contributed by atoms with Gasteiger partial charge in [0.05, 0.1) is 18.4 Å². The summed E-state index contributed by atoms with van der Waals surface area (Å²) >= 11 is 2.06. The van der Waals surface area contributed by atoms with E-state index in [-0.39, 0.29) is 0 Å². The van der Waals surface area contributed by atoms with E-state index in [0.29, 0.717) is 0 Å². The SMILES string of the molecule is CC1CN(CCn2cc(N)cn2)CCS1. The monoisotopic (exact) mass is 226 g/mol. The van der Waals surface area contributed by atoms with Gasteiger partial charge in [0.1, 0.15) is 0 Å². The number of nitrogens with two attached hydrogens (primary N) is 1. The van der Waals surface area contributed by atoms with Crippen LogP contribution < -0.4 is 5.73 Å². The minimum Gasteiger partial charge on any atom is -0.396 e. The molecule has 0 bridgehead atoms. The third kappa shape index (κ3) is 3.14. The van der Waals surface area contributed by atoms with Crippen molar-refractivity contribution in [1.29, 1.82) is 0 Å². The fraction of sp³-hybridized carbons (Fsp3) is 0.700. The lowest BCUT2D eigenvalue weighted by atomic mass is 10.4. The van der Waals surface area contributed by atoms with Crippen LogP contribution in [0.2, 0.25) is 0 Å². The summed E-state index contributed by atoms with van der Waals surface area (Å²) in [5.74, 6) is 1.25. The number of nitrogen functional groups attached to an aromatic ring is 1. The zero-order valence-corrected chi connectivity index (χ0v) is 9.91. The summed E-state index contributed by atoms with van der Waals surface area (Å²) in [5, 5.41) is 4.94. The van der Waals surface area contributed by atoms with Gasteiger partial charge in [-0.3, -0.25) is 9.58 Å². The smallest absolute Gasteiger partial charge is 0.0719 e. The molecule has 0 spiro atoms. The van der Waals surface area contributed by atoms with Crippen molar-refractivity contribution < 1.29 is 0 Å². The minimum atomic E-state index is 0.748. The average Bonchev–Trinajstić information content (AvgIpc) is 2.62. The first-order chi connectivity index (χ1) is 7.24. The second-order valence-electron chi connectivity index (χ2n) is 4.02. The van der Waals surface area contributed by atoms with Crippen LogP contribution in [0.15, 0.2) is 12.4 Å². The molecule has 1 saturated heterocycles. The Bertz CT molecular complexity index is 312. The molecule has 0 aliphatic carbocycles. The molecule has 84 valence electrons. The average molecular weight is 226 g/mol. The summed E-state index contributed by atoms with van der Waals surface area (Å²) in [5.41, 5.74) is 6.36. The van der Waals surface area contributed by atoms with Gasteiger partial charge < -0.3 is 5.73 Å². The highest BCUT2D eigenvalue weighted by Gasteiger charge is 2.15. The molecule has 2 N–H and O–H groups in total. The van der Waals surface area contributed by atoms with E-state index in [2.05, 4.69) is 28.7 Å². The first kappa shape index (κ1) is 10.8. The minimum absolute atomic E-state index is 0.748. The maximum atomic E-state index is 5.61. The van der Waals surface area contributed by atoms with Gasteiger partial charge in [0.2, 0.25) is 0 Å². The van der Waals surface area contributed by atoms with E-state index in [1.165, 1.54) is 18.8 Å². The van der Waals surface area contributed by atoms with Gasteiger partial charge in [0, 0.05) is 36.8 Å². The topological polar surface area (TPSA) is 47.1 Å². The van der Waals surface area contributed by atoms with Crippen LogP contribution in [0, 0.1) is 0 Å². The fourth-order valence-corrected chi connectivity index (χ4v) is 2.92. The number of rotatable bonds is 3. The normalized spacial score (nSPS) is 23.1. The maximum absolute atomic E-state index is 5.61. The molecule has 0 amide bonds. The molecule has 4 nitrogen and oxygen atoms in total. The van der Waals surface area contributed by atoms with Crippen molar-refractivity contribution in [3.63, 3.8) is 0 Å². The molecule has 0 radical (unpaired) electrons. The van der Waals surface area contributed by atoms with Crippen LogP contribution in [0.3, 0.4) is 0 Å². The van der Waals surface area contributed by atoms with Crippen LogP contribution in [-0.2, 0) is 6.54 Å². The third-order valence-electron chi connectivity index (χ3n) is 2.62. The van der Waals surface area contributed by atoms with Crippen molar-refractivity contribution in [2.75, 3.05) is 31.1 Å². The summed E-state index contributed by atoms with van der Waals surface area (Å²) in [6.45, 7) is 6.70. The molecule has 1 atom stereocenters. The zero-order chi connectivity index (χ0) is 10.7. The molecule has 2 rings (SSSR count). The lowest BCUT2D eigenvalue weighted by molar-refractivity contribution is 0.270. The molecule has 15 heavy (non-hydrogen) atoms. The van der Waals surface area contributed by atoms with Crippen LogP contribution in [0.25, 0.3) is 0 Å².